The quantitative estimate of drug-likeness (QED) is 0.714. The van der Waals surface area contributed by atoms with Crippen molar-refractivity contribution in [2.24, 2.45) is 0 Å². The lowest BCUT2D eigenvalue weighted by atomic mass is 9.74. The Bertz CT molecular complexity index is 463. The van der Waals surface area contributed by atoms with Gasteiger partial charge < -0.3 is 4.90 Å². The Morgan fingerprint density at radius 3 is 2.67 bits per heavy atom. The van der Waals surface area contributed by atoms with Crippen LogP contribution in [0.25, 0.3) is 0 Å². The number of alkyl halides is 1. The number of aryl methyl sites for hydroxylation is 1. The summed E-state index contributed by atoms with van der Waals surface area (Å²) in [5, 5.41) is 0. The Morgan fingerprint density at radius 2 is 1.94 bits per heavy atom. The lowest BCUT2D eigenvalue weighted by molar-refractivity contribution is -0.130. The molecule has 1 aromatic rings. The maximum atomic E-state index is 11.6. The highest BCUT2D eigenvalue weighted by Crippen LogP contribution is 2.46. The Labute approximate surface area is 113 Å². The minimum absolute atomic E-state index is 0.0813. The highest BCUT2D eigenvalue weighted by molar-refractivity contribution is 6.27. The molecule has 1 saturated heterocycles. The highest BCUT2D eigenvalue weighted by Gasteiger charge is 2.41. The van der Waals surface area contributed by atoms with E-state index in [2.05, 4.69) is 24.3 Å². The number of carbonyl (C=O) groups excluding carboxylic acids is 1. The van der Waals surface area contributed by atoms with Gasteiger partial charge in [-0.05, 0) is 42.2 Å². The summed E-state index contributed by atoms with van der Waals surface area (Å²) in [5.74, 6) is 0.196. The van der Waals surface area contributed by atoms with E-state index in [1.165, 1.54) is 24.0 Å². The third-order valence-electron chi connectivity index (χ3n) is 4.65. The largest absolute Gasteiger partial charge is 0.342 e. The fourth-order valence-electron chi connectivity index (χ4n) is 3.55. The predicted octanol–water partition coefficient (Wildman–Crippen LogP) is 2.73. The molecule has 1 aliphatic heterocycles. The number of piperidine rings is 1. The molecule has 0 unspecified atom stereocenters. The summed E-state index contributed by atoms with van der Waals surface area (Å²) < 4.78 is 0. The SMILES string of the molecule is O=C(CCl)N1CCC2(CCc3ccccc32)CC1. The number of halogens is 1. The standard InChI is InChI=1S/C15H18ClNO/c16-11-14(18)17-9-7-15(8-10-17)6-5-12-3-1-2-4-13(12)15/h1-4H,5-11H2. The van der Waals surface area contributed by atoms with Gasteiger partial charge in [0.15, 0.2) is 0 Å². The molecule has 3 rings (SSSR count). The molecular weight excluding hydrogens is 246 g/mol. The molecule has 0 saturated carbocycles. The summed E-state index contributed by atoms with van der Waals surface area (Å²) in [6, 6.07) is 8.80. The number of fused-ring (bicyclic) bond motifs is 2. The van der Waals surface area contributed by atoms with Gasteiger partial charge in [0.05, 0.1) is 0 Å². The van der Waals surface area contributed by atoms with Crippen LogP contribution in [0, 0.1) is 0 Å². The molecule has 3 heteroatoms. The van der Waals surface area contributed by atoms with Crippen LogP contribution in [0.3, 0.4) is 0 Å². The summed E-state index contributed by atoms with van der Waals surface area (Å²) in [6.45, 7) is 1.72. The average molecular weight is 264 g/mol. The van der Waals surface area contributed by atoms with Crippen LogP contribution in [-0.4, -0.2) is 29.8 Å². The third kappa shape index (κ3) is 1.83. The van der Waals surface area contributed by atoms with Crippen LogP contribution in [-0.2, 0) is 16.6 Å². The van der Waals surface area contributed by atoms with Gasteiger partial charge in [-0.15, -0.1) is 11.6 Å². The number of hydrogen-bond donors (Lipinski definition) is 0. The van der Waals surface area contributed by atoms with Crippen molar-refractivity contribution in [1.82, 2.24) is 4.90 Å². The van der Waals surface area contributed by atoms with E-state index >= 15 is 0 Å². The van der Waals surface area contributed by atoms with E-state index in [-0.39, 0.29) is 11.8 Å². The van der Waals surface area contributed by atoms with Gasteiger partial charge in [0, 0.05) is 13.1 Å². The third-order valence-corrected chi connectivity index (χ3v) is 4.88. The lowest BCUT2D eigenvalue weighted by Gasteiger charge is -2.40. The predicted molar refractivity (Wildman–Crippen MR) is 73.0 cm³/mol. The molecular formula is C15H18ClNO. The molecule has 0 N–H and O–H groups in total. The topological polar surface area (TPSA) is 20.3 Å². The Morgan fingerprint density at radius 1 is 1.22 bits per heavy atom. The molecule has 0 radical (unpaired) electrons. The van der Waals surface area contributed by atoms with Gasteiger partial charge in [-0.2, -0.15) is 0 Å². The molecule has 1 heterocycles. The highest BCUT2D eigenvalue weighted by atomic mass is 35.5. The molecule has 0 bridgehead atoms. The smallest absolute Gasteiger partial charge is 0.237 e. The van der Waals surface area contributed by atoms with Gasteiger partial charge >= 0.3 is 0 Å². The zero-order valence-electron chi connectivity index (χ0n) is 10.5. The fraction of sp³-hybridized carbons (Fsp3) is 0.533. The number of benzene rings is 1. The van der Waals surface area contributed by atoms with Crippen LogP contribution in [0.2, 0.25) is 0 Å². The normalized spacial score (nSPS) is 21.1. The second kappa shape index (κ2) is 4.58. The number of hydrogen-bond acceptors (Lipinski definition) is 1. The van der Waals surface area contributed by atoms with Crippen LogP contribution in [0.1, 0.15) is 30.4 Å². The first-order valence-electron chi connectivity index (χ1n) is 6.67. The molecule has 1 spiro atoms. The van der Waals surface area contributed by atoms with Gasteiger partial charge in [0.25, 0.3) is 0 Å². The van der Waals surface area contributed by atoms with Crippen molar-refractivity contribution in [3.8, 4) is 0 Å². The summed E-state index contributed by atoms with van der Waals surface area (Å²) in [6.07, 6.45) is 4.62. The van der Waals surface area contributed by atoms with Crippen molar-refractivity contribution in [3.63, 3.8) is 0 Å². The van der Waals surface area contributed by atoms with Crippen LogP contribution < -0.4 is 0 Å². The second-order valence-electron chi connectivity index (χ2n) is 5.45. The summed E-state index contributed by atoms with van der Waals surface area (Å²) >= 11 is 5.63. The van der Waals surface area contributed by atoms with E-state index < -0.39 is 0 Å². The number of likely N-dealkylation sites (tertiary alicyclic amines) is 1. The number of amides is 1. The van der Waals surface area contributed by atoms with Crippen molar-refractivity contribution < 1.29 is 4.79 Å². The summed E-state index contributed by atoms with van der Waals surface area (Å²) in [5.41, 5.74) is 3.37. The molecule has 2 nitrogen and oxygen atoms in total. The first kappa shape index (κ1) is 12.0. The maximum absolute atomic E-state index is 11.6. The van der Waals surface area contributed by atoms with Crippen molar-refractivity contribution in [3.05, 3.63) is 35.4 Å². The Hall–Kier alpha value is -1.02. The van der Waals surface area contributed by atoms with E-state index in [0.717, 1.165) is 25.9 Å². The molecule has 1 fully saturated rings. The Kier molecular flexibility index (Phi) is 3.06. The molecule has 96 valence electrons. The zero-order chi connectivity index (χ0) is 12.6. The van der Waals surface area contributed by atoms with Crippen molar-refractivity contribution in [2.45, 2.75) is 31.1 Å². The van der Waals surface area contributed by atoms with Gasteiger partial charge in [0.2, 0.25) is 5.91 Å². The first-order chi connectivity index (χ1) is 8.75. The van der Waals surface area contributed by atoms with E-state index in [0.29, 0.717) is 5.41 Å². The zero-order valence-corrected chi connectivity index (χ0v) is 11.2. The van der Waals surface area contributed by atoms with E-state index in [1.807, 2.05) is 4.90 Å². The molecule has 0 atom stereocenters. The van der Waals surface area contributed by atoms with E-state index in [1.54, 1.807) is 0 Å². The van der Waals surface area contributed by atoms with Crippen molar-refractivity contribution in [1.29, 1.82) is 0 Å². The number of carbonyl (C=O) groups is 1. The first-order valence-corrected chi connectivity index (χ1v) is 7.21. The molecule has 1 aliphatic carbocycles. The van der Waals surface area contributed by atoms with Gasteiger partial charge in [-0.3, -0.25) is 4.79 Å². The maximum Gasteiger partial charge on any atom is 0.237 e. The molecule has 1 aromatic carbocycles. The van der Waals surface area contributed by atoms with Crippen LogP contribution in [0.4, 0.5) is 0 Å². The number of nitrogens with zero attached hydrogens (tertiary/aromatic N) is 1. The summed E-state index contributed by atoms with van der Waals surface area (Å²) in [4.78, 5) is 13.5. The fourth-order valence-corrected chi connectivity index (χ4v) is 3.72. The van der Waals surface area contributed by atoms with Crippen LogP contribution in [0.5, 0.6) is 0 Å². The van der Waals surface area contributed by atoms with E-state index in [4.69, 9.17) is 11.6 Å². The second-order valence-corrected chi connectivity index (χ2v) is 5.72. The van der Waals surface area contributed by atoms with Crippen LogP contribution >= 0.6 is 11.6 Å². The Balaban J connectivity index is 1.79. The van der Waals surface area contributed by atoms with Gasteiger partial charge in [-0.1, -0.05) is 24.3 Å². The van der Waals surface area contributed by atoms with Crippen molar-refractivity contribution >= 4 is 17.5 Å². The van der Waals surface area contributed by atoms with Gasteiger partial charge in [-0.25, -0.2) is 0 Å². The van der Waals surface area contributed by atoms with E-state index in [9.17, 15) is 4.79 Å². The minimum atomic E-state index is 0.0813. The summed E-state index contributed by atoms with van der Waals surface area (Å²) in [7, 11) is 0. The lowest BCUT2D eigenvalue weighted by Crippen LogP contribution is -2.44. The minimum Gasteiger partial charge on any atom is -0.342 e. The number of rotatable bonds is 1. The monoisotopic (exact) mass is 263 g/mol. The van der Waals surface area contributed by atoms with Gasteiger partial charge in [0.1, 0.15) is 5.88 Å². The van der Waals surface area contributed by atoms with Crippen LogP contribution in [0.15, 0.2) is 24.3 Å². The molecule has 0 aromatic heterocycles. The molecule has 1 amide bonds. The molecule has 2 aliphatic rings. The average Bonchev–Trinajstić information content (AvgIpc) is 2.78. The van der Waals surface area contributed by atoms with Crippen molar-refractivity contribution in [2.75, 3.05) is 19.0 Å². The molecule has 18 heavy (non-hydrogen) atoms.